The summed E-state index contributed by atoms with van der Waals surface area (Å²) in [5.74, 6) is -3.45. The van der Waals surface area contributed by atoms with E-state index in [1.807, 2.05) is 90.4 Å². The second-order valence-electron chi connectivity index (χ2n) is 8.98. The van der Waals surface area contributed by atoms with Crippen molar-refractivity contribution in [1.29, 1.82) is 0 Å². The standard InChI is InChI=1S/C28H14I6O11S/c29-13-5-17(23(35)19(31)7-13)27(38)44-15-1-11(2-16(9-15)45-28(39)18-6-14(30)8-20(32)24(18)36)10-43-26(37)12-3-21(33)25(22(34)4-12)46(40,41)42/h1-9,35-36H,10H2,(H,40,41,42). The number of ether oxygens (including phenoxy) is 3. The molecule has 4 rings (SSSR count). The highest BCUT2D eigenvalue weighted by molar-refractivity contribution is 14.1. The number of benzene rings is 4. The van der Waals surface area contributed by atoms with Crippen molar-refractivity contribution in [3.63, 3.8) is 0 Å². The maximum Gasteiger partial charge on any atom is 0.347 e. The SMILES string of the molecule is O=C(OCc1cc(OC(=O)c2cc(I)cc(I)c2O)cc(OC(=O)c2cc(I)cc(I)c2O)c1)c1cc(I)c(S(=O)(=O)O)c(I)c1. The normalized spacial score (nSPS) is 11.2. The minimum absolute atomic E-state index is 0.00273. The lowest BCUT2D eigenvalue weighted by molar-refractivity contribution is 0.0469. The van der Waals surface area contributed by atoms with Crippen molar-refractivity contribution in [3.8, 4) is 23.0 Å². The van der Waals surface area contributed by atoms with E-state index >= 15 is 0 Å². The fourth-order valence-electron chi connectivity index (χ4n) is 3.76. The van der Waals surface area contributed by atoms with Crippen molar-refractivity contribution < 1.29 is 51.8 Å². The summed E-state index contributed by atoms with van der Waals surface area (Å²) in [6, 6.07) is 12.6. The molecule has 0 aromatic heterocycles. The third kappa shape index (κ3) is 9.45. The van der Waals surface area contributed by atoms with Crippen LogP contribution in [-0.2, 0) is 21.5 Å². The van der Waals surface area contributed by atoms with E-state index in [1.165, 1.54) is 42.5 Å². The first-order chi connectivity index (χ1) is 21.4. The van der Waals surface area contributed by atoms with Gasteiger partial charge in [-0.05, 0) is 190 Å². The number of hydrogen-bond donors (Lipinski definition) is 3. The molecule has 11 nitrogen and oxygen atoms in total. The molecule has 0 amide bonds. The summed E-state index contributed by atoms with van der Waals surface area (Å²) in [5.41, 5.74) is 0.0106. The molecular weight excluding hydrogens is 1310 g/mol. The zero-order valence-corrected chi connectivity index (χ0v) is 35.9. The number of carbonyl (C=O) groups is 3. The van der Waals surface area contributed by atoms with Gasteiger partial charge in [0.05, 0.1) is 12.7 Å². The van der Waals surface area contributed by atoms with Crippen molar-refractivity contribution in [1.82, 2.24) is 0 Å². The molecule has 3 N–H and O–H groups in total. The summed E-state index contributed by atoms with van der Waals surface area (Å²) < 4.78 is 51.7. The monoisotopic (exact) mass is 1320 g/mol. The van der Waals surface area contributed by atoms with Gasteiger partial charge in [-0.3, -0.25) is 4.55 Å². The molecule has 240 valence electrons. The molecular formula is C28H14I6O11S. The first-order valence-corrected chi connectivity index (χ1v) is 19.9. The molecule has 18 heteroatoms. The van der Waals surface area contributed by atoms with Gasteiger partial charge < -0.3 is 24.4 Å². The number of halogens is 6. The van der Waals surface area contributed by atoms with Gasteiger partial charge in [-0.1, -0.05) is 0 Å². The van der Waals surface area contributed by atoms with Gasteiger partial charge in [0.1, 0.15) is 45.6 Å². The van der Waals surface area contributed by atoms with Gasteiger partial charge in [-0.2, -0.15) is 8.42 Å². The zero-order valence-electron chi connectivity index (χ0n) is 22.2. The third-order valence-electron chi connectivity index (χ3n) is 5.72. The Hall–Kier alpha value is -0.820. The van der Waals surface area contributed by atoms with Crippen LogP contribution < -0.4 is 9.47 Å². The molecule has 0 atom stereocenters. The van der Waals surface area contributed by atoms with Crippen molar-refractivity contribution in [3.05, 3.63) is 98.3 Å². The second-order valence-corrected chi connectivity index (χ2v) is 17.5. The van der Waals surface area contributed by atoms with Crippen LogP contribution in [-0.4, -0.2) is 41.1 Å². The smallest absolute Gasteiger partial charge is 0.347 e. The molecule has 4 aromatic rings. The Morgan fingerprint density at radius 2 is 1.04 bits per heavy atom. The summed E-state index contributed by atoms with van der Waals surface area (Å²) in [6.07, 6.45) is 0. The van der Waals surface area contributed by atoms with Crippen LogP contribution in [0, 0.1) is 21.4 Å². The Balaban J connectivity index is 1.66. The quantitative estimate of drug-likeness (QED) is 0.0681. The van der Waals surface area contributed by atoms with Crippen molar-refractivity contribution >= 4 is 164 Å². The van der Waals surface area contributed by atoms with Gasteiger partial charge in [0, 0.05) is 20.3 Å². The predicted molar refractivity (Wildman–Crippen MR) is 214 cm³/mol. The van der Waals surface area contributed by atoms with Crippen LogP contribution in [0.4, 0.5) is 0 Å². The molecule has 0 aliphatic carbocycles. The Labute approximate surface area is 343 Å². The van der Waals surface area contributed by atoms with Crippen LogP contribution in [0.3, 0.4) is 0 Å². The Morgan fingerprint density at radius 3 is 1.46 bits per heavy atom. The van der Waals surface area contributed by atoms with Gasteiger partial charge >= 0.3 is 17.9 Å². The third-order valence-corrected chi connectivity index (χ3v) is 12.0. The lowest BCUT2D eigenvalue weighted by Gasteiger charge is -2.13. The van der Waals surface area contributed by atoms with Crippen molar-refractivity contribution in [2.75, 3.05) is 0 Å². The fourth-order valence-corrected chi connectivity index (χ4v) is 11.5. The van der Waals surface area contributed by atoms with E-state index in [0.29, 0.717) is 14.3 Å². The predicted octanol–water partition coefficient (Wildman–Crippen LogP) is 7.77. The molecule has 46 heavy (non-hydrogen) atoms. The topological polar surface area (TPSA) is 174 Å². The minimum Gasteiger partial charge on any atom is -0.506 e. The summed E-state index contributed by atoms with van der Waals surface area (Å²) in [6.45, 7) is -0.402. The molecule has 0 bridgehead atoms. The Bertz CT molecular complexity index is 1920. The van der Waals surface area contributed by atoms with E-state index in [4.69, 9.17) is 14.2 Å². The van der Waals surface area contributed by atoms with E-state index in [1.54, 1.807) is 57.3 Å². The van der Waals surface area contributed by atoms with E-state index < -0.39 is 34.6 Å². The number of rotatable bonds is 8. The first-order valence-electron chi connectivity index (χ1n) is 12.0. The summed E-state index contributed by atoms with van der Waals surface area (Å²) >= 11 is 11.1. The van der Waals surface area contributed by atoms with Crippen LogP contribution in [0.2, 0.25) is 0 Å². The number of phenolic OH excluding ortho intramolecular Hbond substituents is 2. The molecule has 4 aromatic carbocycles. The molecule has 0 saturated heterocycles. The summed E-state index contributed by atoms with van der Waals surface area (Å²) in [5, 5.41) is 20.9. The van der Waals surface area contributed by atoms with Crippen LogP contribution >= 0.6 is 136 Å². The van der Waals surface area contributed by atoms with Crippen molar-refractivity contribution in [2.24, 2.45) is 0 Å². The molecule has 0 aliphatic rings. The van der Waals surface area contributed by atoms with E-state index in [-0.39, 0.29) is 57.3 Å². The molecule has 0 unspecified atom stereocenters. The fraction of sp³-hybridized carbons (Fsp3) is 0.0357. The molecule has 0 radical (unpaired) electrons. The summed E-state index contributed by atoms with van der Waals surface area (Å²) in [7, 11) is -4.53. The van der Waals surface area contributed by atoms with Crippen LogP contribution in [0.25, 0.3) is 0 Å². The second kappa shape index (κ2) is 15.8. The maximum absolute atomic E-state index is 13.1. The Kier molecular flexibility index (Phi) is 13.1. The van der Waals surface area contributed by atoms with E-state index in [0.717, 1.165) is 0 Å². The average Bonchev–Trinajstić information content (AvgIpc) is 2.94. The molecule has 0 aliphatic heterocycles. The lowest BCUT2D eigenvalue weighted by Crippen LogP contribution is -2.13. The largest absolute Gasteiger partial charge is 0.506 e. The highest BCUT2D eigenvalue weighted by atomic mass is 127. The summed E-state index contributed by atoms with van der Waals surface area (Å²) in [4.78, 5) is 38.7. The Morgan fingerprint density at radius 1 is 0.609 bits per heavy atom. The number of hydrogen-bond acceptors (Lipinski definition) is 10. The number of esters is 3. The lowest BCUT2D eigenvalue weighted by atomic mass is 10.2. The van der Waals surface area contributed by atoms with Gasteiger partial charge in [0.2, 0.25) is 0 Å². The van der Waals surface area contributed by atoms with Gasteiger partial charge in [0.25, 0.3) is 10.1 Å². The molecule has 0 fully saturated rings. The number of aromatic hydroxyl groups is 2. The molecule has 0 spiro atoms. The van der Waals surface area contributed by atoms with Gasteiger partial charge in [-0.15, -0.1) is 0 Å². The first kappa shape index (κ1) is 38.0. The average molecular weight is 1320 g/mol. The van der Waals surface area contributed by atoms with Gasteiger partial charge in [-0.25, -0.2) is 14.4 Å². The molecule has 0 heterocycles. The van der Waals surface area contributed by atoms with Crippen LogP contribution in [0.5, 0.6) is 23.0 Å². The molecule has 0 saturated carbocycles. The number of carbonyl (C=O) groups excluding carboxylic acids is 3. The van der Waals surface area contributed by atoms with E-state index in [9.17, 15) is 37.6 Å². The van der Waals surface area contributed by atoms with Crippen LogP contribution in [0.15, 0.2) is 59.5 Å². The van der Waals surface area contributed by atoms with Gasteiger partial charge in [0.15, 0.2) is 0 Å². The minimum atomic E-state index is -4.53. The maximum atomic E-state index is 13.1. The number of phenols is 2. The van der Waals surface area contributed by atoms with Crippen molar-refractivity contribution in [2.45, 2.75) is 11.5 Å². The highest BCUT2D eigenvalue weighted by Gasteiger charge is 2.23. The van der Waals surface area contributed by atoms with Crippen LogP contribution in [0.1, 0.15) is 36.6 Å². The van der Waals surface area contributed by atoms with E-state index in [2.05, 4.69) is 0 Å². The zero-order chi connectivity index (χ0) is 34.1. The highest BCUT2D eigenvalue weighted by Crippen LogP contribution is 2.32.